The lowest BCUT2D eigenvalue weighted by molar-refractivity contribution is -0.177. The van der Waals surface area contributed by atoms with Gasteiger partial charge in [-0.15, -0.1) is 0 Å². The summed E-state index contributed by atoms with van der Waals surface area (Å²) in [4.78, 5) is 43.6. The number of hydrogen-bond acceptors (Lipinski definition) is 9. The lowest BCUT2D eigenvalue weighted by Crippen LogP contribution is -2.70. The first-order chi connectivity index (χ1) is 24.1. The summed E-state index contributed by atoms with van der Waals surface area (Å²) in [6.45, 7) is 15.9. The van der Waals surface area contributed by atoms with Crippen LogP contribution in [0.1, 0.15) is 88.5 Å². The van der Waals surface area contributed by atoms with E-state index in [4.69, 9.17) is 24.4 Å². The molecule has 2 aliphatic rings. The van der Waals surface area contributed by atoms with Gasteiger partial charge >= 0.3 is 5.97 Å². The minimum absolute atomic E-state index is 0.0829. The van der Waals surface area contributed by atoms with Crippen LogP contribution in [0.3, 0.4) is 0 Å². The molecule has 1 aliphatic heterocycles. The van der Waals surface area contributed by atoms with E-state index < -0.39 is 24.2 Å². The van der Waals surface area contributed by atoms with Crippen molar-refractivity contribution in [3.05, 3.63) is 76.9 Å². The van der Waals surface area contributed by atoms with Crippen LogP contribution < -0.4 is 4.74 Å². The SMILES string of the molecule is Cc1ccc(-c2nc(-c3ccc(C)cc3C)nc(-c3ccc(OCC(=O)OC4CC(C)(C)N(C5CCCCC5)C(C)(C)C4=O)cc3O)n2)c(C)c1. The van der Waals surface area contributed by atoms with E-state index >= 15 is 0 Å². The Morgan fingerprint density at radius 2 is 1.31 bits per heavy atom. The van der Waals surface area contributed by atoms with Gasteiger partial charge in [-0.25, -0.2) is 19.7 Å². The number of carbonyl (C=O) groups is 2. The number of ether oxygens (including phenoxy) is 2. The third kappa shape index (κ3) is 7.54. The Balaban J connectivity index is 1.20. The molecular weight excluding hydrogens is 640 g/mol. The lowest BCUT2D eigenvalue weighted by Gasteiger charge is -2.57. The summed E-state index contributed by atoms with van der Waals surface area (Å²) >= 11 is 0. The minimum Gasteiger partial charge on any atom is -0.507 e. The lowest BCUT2D eigenvalue weighted by atomic mass is 9.74. The first kappa shape index (κ1) is 36.2. The highest BCUT2D eigenvalue weighted by atomic mass is 16.6. The summed E-state index contributed by atoms with van der Waals surface area (Å²) in [5.74, 6) is 0.746. The second-order valence-corrected chi connectivity index (χ2v) is 15.5. The smallest absolute Gasteiger partial charge is 0.344 e. The van der Waals surface area contributed by atoms with Crippen molar-refractivity contribution in [3.63, 3.8) is 0 Å². The van der Waals surface area contributed by atoms with Gasteiger partial charge in [-0.1, -0.05) is 66.8 Å². The average molecular weight is 691 g/mol. The third-order valence-corrected chi connectivity index (χ3v) is 10.5. The van der Waals surface area contributed by atoms with Gasteiger partial charge in [0, 0.05) is 35.2 Å². The second-order valence-electron chi connectivity index (χ2n) is 15.5. The number of aromatic hydroxyl groups is 1. The molecule has 1 saturated heterocycles. The fraction of sp³-hybridized carbons (Fsp3) is 0.452. The number of phenols is 1. The van der Waals surface area contributed by atoms with Crippen molar-refractivity contribution < 1.29 is 24.2 Å². The van der Waals surface area contributed by atoms with Crippen molar-refractivity contribution in [1.82, 2.24) is 19.9 Å². The van der Waals surface area contributed by atoms with Gasteiger partial charge in [0.25, 0.3) is 0 Å². The number of aryl methyl sites for hydroxylation is 4. The van der Waals surface area contributed by atoms with Gasteiger partial charge in [0.1, 0.15) is 11.5 Å². The number of benzene rings is 3. The molecule has 3 aromatic carbocycles. The highest BCUT2D eigenvalue weighted by molar-refractivity contribution is 5.94. The van der Waals surface area contributed by atoms with E-state index in [1.54, 1.807) is 12.1 Å². The van der Waals surface area contributed by atoms with E-state index in [-0.39, 0.29) is 22.8 Å². The molecule has 2 heterocycles. The van der Waals surface area contributed by atoms with E-state index in [1.165, 1.54) is 25.3 Å². The number of ketones is 1. The number of phenolic OH excluding ortho intramolecular Hbond substituents is 1. The molecule has 1 unspecified atom stereocenters. The molecule has 0 radical (unpaired) electrons. The Morgan fingerprint density at radius 1 is 0.784 bits per heavy atom. The molecule has 0 amide bonds. The molecule has 1 atom stereocenters. The molecule has 0 bridgehead atoms. The Labute approximate surface area is 301 Å². The minimum atomic E-state index is -0.858. The maximum Gasteiger partial charge on any atom is 0.344 e. The zero-order valence-electron chi connectivity index (χ0n) is 31.2. The van der Waals surface area contributed by atoms with Crippen molar-refractivity contribution in [3.8, 4) is 45.7 Å². The Morgan fingerprint density at radius 3 is 1.84 bits per heavy atom. The molecule has 51 heavy (non-hydrogen) atoms. The van der Waals surface area contributed by atoms with Gasteiger partial charge in [-0.2, -0.15) is 0 Å². The van der Waals surface area contributed by atoms with Crippen LogP contribution in [-0.4, -0.2) is 66.5 Å². The number of hydrogen-bond donors (Lipinski definition) is 1. The normalized spacial score (nSPS) is 19.1. The number of esters is 1. The summed E-state index contributed by atoms with van der Waals surface area (Å²) in [5, 5.41) is 11.2. The van der Waals surface area contributed by atoms with E-state index in [2.05, 4.69) is 30.9 Å². The molecule has 0 spiro atoms. The van der Waals surface area contributed by atoms with Crippen molar-refractivity contribution in [2.75, 3.05) is 6.61 Å². The standard InChI is InChI=1S/C42H50N4O5/c1-25-14-17-31(27(3)20-25)38-43-39(32-18-15-26(2)21-28(32)4)45-40(44-38)33-19-16-30(22-34(33)47)50-24-36(48)51-35-23-41(5,6)46(42(7,8)37(35)49)29-12-10-9-11-13-29/h14-22,29,35,47H,9-13,23-24H2,1-8H3. The fourth-order valence-electron chi connectivity index (χ4n) is 8.29. The summed E-state index contributed by atoms with van der Waals surface area (Å²) in [6.07, 6.45) is 5.31. The van der Waals surface area contributed by atoms with Gasteiger partial charge in [-0.05, 0) is 91.5 Å². The van der Waals surface area contributed by atoms with E-state index in [9.17, 15) is 14.7 Å². The summed E-state index contributed by atoms with van der Waals surface area (Å²) in [7, 11) is 0. The summed E-state index contributed by atoms with van der Waals surface area (Å²) < 4.78 is 11.5. The maximum atomic E-state index is 13.7. The van der Waals surface area contributed by atoms with Crippen molar-refractivity contribution in [1.29, 1.82) is 0 Å². The topological polar surface area (TPSA) is 115 Å². The molecule has 1 saturated carbocycles. The fourth-order valence-corrected chi connectivity index (χ4v) is 8.29. The first-order valence-corrected chi connectivity index (χ1v) is 18.0. The van der Waals surface area contributed by atoms with E-state index in [0.717, 1.165) is 46.2 Å². The number of Topliss-reactive ketones (excluding diaryl/α,β-unsaturated/α-hetero) is 1. The molecule has 4 aromatic rings. The van der Waals surface area contributed by atoms with Crippen LogP contribution in [0, 0.1) is 27.7 Å². The highest BCUT2D eigenvalue weighted by Crippen LogP contribution is 2.42. The van der Waals surface area contributed by atoms with Gasteiger partial charge in [-0.3, -0.25) is 9.69 Å². The number of carbonyl (C=O) groups excluding carboxylic acids is 2. The molecule has 268 valence electrons. The molecule has 1 aliphatic carbocycles. The van der Waals surface area contributed by atoms with Gasteiger partial charge in [0.05, 0.1) is 11.1 Å². The van der Waals surface area contributed by atoms with Crippen LogP contribution in [0.2, 0.25) is 0 Å². The van der Waals surface area contributed by atoms with Crippen molar-refractivity contribution in [2.24, 2.45) is 0 Å². The monoisotopic (exact) mass is 690 g/mol. The van der Waals surface area contributed by atoms with E-state index in [1.807, 2.05) is 65.8 Å². The number of nitrogens with zero attached hydrogens (tertiary/aromatic N) is 4. The number of rotatable bonds is 8. The molecule has 6 rings (SSSR count). The molecular formula is C42H50N4O5. The Bertz CT molecular complexity index is 1890. The molecule has 1 aromatic heterocycles. The van der Waals surface area contributed by atoms with Gasteiger partial charge < -0.3 is 14.6 Å². The Hall–Kier alpha value is -4.63. The zero-order valence-corrected chi connectivity index (χ0v) is 31.2. The predicted octanol–water partition coefficient (Wildman–Crippen LogP) is 8.27. The largest absolute Gasteiger partial charge is 0.507 e. The predicted molar refractivity (Wildman–Crippen MR) is 199 cm³/mol. The van der Waals surface area contributed by atoms with Crippen molar-refractivity contribution in [2.45, 2.75) is 117 Å². The van der Waals surface area contributed by atoms with Crippen LogP contribution >= 0.6 is 0 Å². The van der Waals surface area contributed by atoms with E-state index in [0.29, 0.717) is 35.5 Å². The third-order valence-electron chi connectivity index (χ3n) is 10.5. The molecule has 1 N–H and O–H groups in total. The van der Waals surface area contributed by atoms with Crippen LogP contribution in [0.15, 0.2) is 54.6 Å². The molecule has 9 heteroatoms. The van der Waals surface area contributed by atoms with Crippen LogP contribution in [0.5, 0.6) is 11.5 Å². The quantitative estimate of drug-likeness (QED) is 0.183. The number of aromatic nitrogens is 3. The second kappa shape index (κ2) is 14.2. The summed E-state index contributed by atoms with van der Waals surface area (Å²) in [5.41, 5.74) is 5.39. The van der Waals surface area contributed by atoms with Gasteiger partial charge in [0.2, 0.25) is 0 Å². The number of piperidine rings is 1. The molecule has 9 nitrogen and oxygen atoms in total. The highest BCUT2D eigenvalue weighted by Gasteiger charge is 2.54. The van der Waals surface area contributed by atoms with Crippen LogP contribution in [0.4, 0.5) is 0 Å². The van der Waals surface area contributed by atoms with Crippen LogP contribution in [-0.2, 0) is 14.3 Å². The van der Waals surface area contributed by atoms with Gasteiger partial charge in [0.15, 0.2) is 36.0 Å². The number of likely N-dealkylation sites (tertiary alicyclic amines) is 1. The molecule has 2 fully saturated rings. The summed E-state index contributed by atoms with van der Waals surface area (Å²) in [6, 6.07) is 17.3. The average Bonchev–Trinajstić information content (AvgIpc) is 3.06. The zero-order chi connectivity index (χ0) is 36.7. The maximum absolute atomic E-state index is 13.7. The Kier molecular flexibility index (Phi) is 10.1. The van der Waals surface area contributed by atoms with Crippen LogP contribution in [0.25, 0.3) is 34.2 Å². The van der Waals surface area contributed by atoms with Crippen molar-refractivity contribution >= 4 is 11.8 Å². The first-order valence-electron chi connectivity index (χ1n) is 18.0.